The summed E-state index contributed by atoms with van der Waals surface area (Å²) in [5, 5.41) is 9.52. The van der Waals surface area contributed by atoms with Gasteiger partial charge in [0.1, 0.15) is 17.2 Å². The van der Waals surface area contributed by atoms with E-state index in [-0.39, 0.29) is 26.9 Å². The summed E-state index contributed by atoms with van der Waals surface area (Å²) in [6.07, 6.45) is 4.80. The SMILES string of the molecule is C=CC(=O)NCCNc1nc(NCCn2ccnc2C)nc2c(F)c(Br)c(Cl)cc12. The molecule has 0 atom stereocenters. The number of hydrogen-bond acceptors (Lipinski definition) is 6. The zero-order valence-corrected chi connectivity index (χ0v) is 18.5. The number of anilines is 2. The molecule has 0 bridgehead atoms. The monoisotopic (exact) mass is 495 g/mol. The lowest BCUT2D eigenvalue weighted by Gasteiger charge is -2.14. The van der Waals surface area contributed by atoms with E-state index in [4.69, 9.17) is 11.6 Å². The first-order valence-corrected chi connectivity index (χ1v) is 10.3. The smallest absolute Gasteiger partial charge is 0.243 e. The van der Waals surface area contributed by atoms with Crippen molar-refractivity contribution >= 4 is 56.1 Å². The molecule has 3 rings (SSSR count). The Morgan fingerprint density at radius 2 is 2.13 bits per heavy atom. The van der Waals surface area contributed by atoms with Crippen molar-refractivity contribution in [2.75, 3.05) is 30.3 Å². The molecule has 2 aromatic heterocycles. The van der Waals surface area contributed by atoms with Crippen molar-refractivity contribution in [2.45, 2.75) is 13.5 Å². The Bertz CT molecular complexity index is 1090. The molecule has 8 nitrogen and oxygen atoms in total. The molecule has 0 spiro atoms. The Morgan fingerprint density at radius 1 is 1.33 bits per heavy atom. The molecule has 3 N–H and O–H groups in total. The second kappa shape index (κ2) is 9.86. The number of carbonyl (C=O) groups excluding carboxylic acids is 1. The normalized spacial score (nSPS) is 10.8. The first kappa shape index (κ1) is 22.0. The van der Waals surface area contributed by atoms with Crippen LogP contribution in [-0.4, -0.2) is 45.1 Å². The van der Waals surface area contributed by atoms with E-state index < -0.39 is 5.82 Å². The molecule has 0 saturated carbocycles. The zero-order chi connectivity index (χ0) is 21.7. The van der Waals surface area contributed by atoms with Crippen molar-refractivity contribution in [1.82, 2.24) is 24.8 Å². The Hall–Kier alpha value is -2.72. The number of hydrogen-bond donors (Lipinski definition) is 3. The molecule has 30 heavy (non-hydrogen) atoms. The van der Waals surface area contributed by atoms with Crippen molar-refractivity contribution in [3.8, 4) is 0 Å². The Labute approximate surface area is 186 Å². The van der Waals surface area contributed by atoms with Crippen molar-refractivity contribution in [3.63, 3.8) is 0 Å². The van der Waals surface area contributed by atoms with E-state index in [9.17, 15) is 9.18 Å². The van der Waals surface area contributed by atoms with Crippen molar-refractivity contribution < 1.29 is 9.18 Å². The fourth-order valence-corrected chi connectivity index (χ4v) is 3.25. The number of fused-ring (bicyclic) bond motifs is 1. The van der Waals surface area contributed by atoms with E-state index in [1.165, 1.54) is 6.08 Å². The van der Waals surface area contributed by atoms with E-state index in [1.807, 2.05) is 17.7 Å². The Morgan fingerprint density at radius 3 is 2.83 bits per heavy atom. The van der Waals surface area contributed by atoms with Crippen LogP contribution in [0.4, 0.5) is 16.2 Å². The minimum absolute atomic E-state index is 0.125. The van der Waals surface area contributed by atoms with Gasteiger partial charge in [0.25, 0.3) is 0 Å². The lowest BCUT2D eigenvalue weighted by atomic mass is 10.2. The molecule has 1 aromatic carbocycles. The number of nitrogens with zero attached hydrogens (tertiary/aromatic N) is 4. The molecule has 0 aliphatic rings. The van der Waals surface area contributed by atoms with Crippen LogP contribution in [0, 0.1) is 12.7 Å². The summed E-state index contributed by atoms with van der Waals surface area (Å²) in [5.41, 5.74) is 0.125. The number of nitrogens with one attached hydrogen (secondary N) is 3. The van der Waals surface area contributed by atoms with Crippen LogP contribution in [0.1, 0.15) is 5.82 Å². The van der Waals surface area contributed by atoms with Crippen LogP contribution < -0.4 is 16.0 Å². The van der Waals surface area contributed by atoms with Crippen LogP contribution in [-0.2, 0) is 11.3 Å². The minimum Gasteiger partial charge on any atom is -0.368 e. The van der Waals surface area contributed by atoms with Crippen LogP contribution in [0.25, 0.3) is 10.9 Å². The fraction of sp³-hybridized carbons (Fsp3) is 0.263. The lowest BCUT2D eigenvalue weighted by Crippen LogP contribution is -2.27. The van der Waals surface area contributed by atoms with E-state index in [1.54, 1.807) is 12.3 Å². The molecule has 11 heteroatoms. The number of imidazole rings is 1. The average Bonchev–Trinajstić information content (AvgIpc) is 3.14. The highest BCUT2D eigenvalue weighted by molar-refractivity contribution is 9.10. The van der Waals surface area contributed by atoms with Gasteiger partial charge in [-0.1, -0.05) is 18.2 Å². The minimum atomic E-state index is -0.573. The van der Waals surface area contributed by atoms with E-state index in [2.05, 4.69) is 53.4 Å². The maximum absolute atomic E-state index is 14.8. The molecule has 0 radical (unpaired) electrons. The second-order valence-corrected chi connectivity index (χ2v) is 7.50. The summed E-state index contributed by atoms with van der Waals surface area (Å²) in [4.78, 5) is 24.2. The summed E-state index contributed by atoms with van der Waals surface area (Å²) in [5.74, 6) is 0.717. The molecule has 0 saturated heterocycles. The van der Waals surface area contributed by atoms with Gasteiger partial charge in [0, 0.05) is 44.0 Å². The van der Waals surface area contributed by atoms with Gasteiger partial charge in [0.15, 0.2) is 5.82 Å². The average molecular weight is 497 g/mol. The zero-order valence-electron chi connectivity index (χ0n) is 16.2. The quantitative estimate of drug-likeness (QED) is 0.238. The third-order valence-corrected chi connectivity index (χ3v) is 5.59. The lowest BCUT2D eigenvalue weighted by molar-refractivity contribution is -0.116. The van der Waals surface area contributed by atoms with Crippen LogP contribution >= 0.6 is 27.5 Å². The molecule has 1 amide bonds. The second-order valence-electron chi connectivity index (χ2n) is 6.29. The molecule has 3 aromatic rings. The number of halogens is 3. The third-order valence-electron chi connectivity index (χ3n) is 4.29. The number of benzene rings is 1. The molecular formula is C19H20BrClFN7O. The maximum atomic E-state index is 14.8. The topological polar surface area (TPSA) is 96.8 Å². The predicted octanol–water partition coefficient (Wildman–Crippen LogP) is 3.52. The number of aromatic nitrogens is 4. The largest absolute Gasteiger partial charge is 0.368 e. The number of rotatable bonds is 9. The predicted molar refractivity (Wildman–Crippen MR) is 119 cm³/mol. The Balaban J connectivity index is 1.82. The third kappa shape index (κ3) is 5.06. The van der Waals surface area contributed by atoms with Gasteiger partial charge in [-0.25, -0.2) is 14.4 Å². The first-order valence-electron chi connectivity index (χ1n) is 9.11. The van der Waals surface area contributed by atoms with E-state index in [0.717, 1.165) is 5.82 Å². The maximum Gasteiger partial charge on any atom is 0.243 e. The van der Waals surface area contributed by atoms with Gasteiger partial charge < -0.3 is 20.5 Å². The van der Waals surface area contributed by atoms with E-state index >= 15 is 0 Å². The number of amides is 1. The summed E-state index contributed by atoms with van der Waals surface area (Å²) >= 11 is 9.27. The molecule has 0 aliphatic carbocycles. The van der Waals surface area contributed by atoms with Gasteiger partial charge in [0.2, 0.25) is 11.9 Å². The van der Waals surface area contributed by atoms with Gasteiger partial charge in [-0.2, -0.15) is 4.98 Å². The first-order chi connectivity index (χ1) is 14.4. The van der Waals surface area contributed by atoms with Crippen molar-refractivity contribution in [2.24, 2.45) is 0 Å². The van der Waals surface area contributed by atoms with Gasteiger partial charge >= 0.3 is 0 Å². The van der Waals surface area contributed by atoms with Crippen LogP contribution in [0.3, 0.4) is 0 Å². The van der Waals surface area contributed by atoms with Crippen molar-refractivity contribution in [1.29, 1.82) is 0 Å². The molecule has 0 fully saturated rings. The van der Waals surface area contributed by atoms with E-state index in [0.29, 0.717) is 37.4 Å². The van der Waals surface area contributed by atoms with Gasteiger partial charge in [-0.05, 0) is 35.0 Å². The van der Waals surface area contributed by atoms with Crippen molar-refractivity contribution in [3.05, 3.63) is 52.3 Å². The molecule has 158 valence electrons. The molecule has 0 unspecified atom stereocenters. The number of aryl methyl sites for hydroxylation is 1. The highest BCUT2D eigenvalue weighted by Crippen LogP contribution is 2.34. The highest BCUT2D eigenvalue weighted by Gasteiger charge is 2.17. The standard InChI is InChI=1S/C19H20BrClFN7O/c1-3-14(30)24-4-5-25-18-12-10-13(21)15(20)16(22)17(12)27-19(28-18)26-7-9-29-8-6-23-11(29)2/h3,6,8,10H,1,4-5,7,9H2,2H3,(H,24,30)(H2,25,26,27,28). The Kier molecular flexibility index (Phi) is 7.22. The van der Waals surface area contributed by atoms with Gasteiger partial charge in [-0.15, -0.1) is 0 Å². The van der Waals surface area contributed by atoms with Gasteiger partial charge in [0.05, 0.1) is 9.50 Å². The van der Waals surface area contributed by atoms with Gasteiger partial charge in [-0.3, -0.25) is 4.79 Å². The molecule has 2 heterocycles. The summed E-state index contributed by atoms with van der Waals surface area (Å²) in [6, 6.07) is 1.59. The molecule has 0 aliphatic heterocycles. The number of carbonyl (C=O) groups is 1. The highest BCUT2D eigenvalue weighted by atomic mass is 79.9. The van der Waals surface area contributed by atoms with Crippen LogP contribution in [0.5, 0.6) is 0 Å². The van der Waals surface area contributed by atoms with Crippen LogP contribution in [0.2, 0.25) is 5.02 Å². The summed E-state index contributed by atoms with van der Waals surface area (Å²) in [6.45, 7) is 7.19. The summed E-state index contributed by atoms with van der Waals surface area (Å²) < 4.78 is 16.9. The summed E-state index contributed by atoms with van der Waals surface area (Å²) in [7, 11) is 0. The fourth-order valence-electron chi connectivity index (χ4n) is 2.75. The van der Waals surface area contributed by atoms with Crippen LogP contribution in [0.15, 0.2) is 35.6 Å². The molecular weight excluding hydrogens is 477 g/mol.